The van der Waals surface area contributed by atoms with Crippen LogP contribution in [0.1, 0.15) is 42.5 Å². The number of rotatable bonds is 5. The molecule has 0 saturated carbocycles. The van der Waals surface area contributed by atoms with Crippen molar-refractivity contribution in [1.82, 2.24) is 10.2 Å². The van der Waals surface area contributed by atoms with Crippen LogP contribution in [0.5, 0.6) is 0 Å². The monoisotopic (exact) mass is 292 g/mol. The van der Waals surface area contributed by atoms with E-state index in [1.165, 1.54) is 16.7 Å². The molecule has 0 bridgehead atoms. The van der Waals surface area contributed by atoms with Crippen molar-refractivity contribution < 1.29 is 10.2 Å². The summed E-state index contributed by atoms with van der Waals surface area (Å²) in [6.07, 6.45) is 0. The van der Waals surface area contributed by atoms with Gasteiger partial charge in [-0.05, 0) is 25.0 Å². The van der Waals surface area contributed by atoms with Gasteiger partial charge in [-0.1, -0.05) is 49.4 Å². The third-order valence-electron chi connectivity index (χ3n) is 3.40. The number of hydrogen-bond donors (Lipinski definition) is 1. The fourth-order valence-electron chi connectivity index (χ4n) is 1.81. The maximum Gasteiger partial charge on any atom is 0.277 e. The number of thioether (sulfide) groups is 1. The first-order chi connectivity index (χ1) is 9.47. The molecule has 0 unspecified atom stereocenters. The van der Waals surface area contributed by atoms with E-state index in [4.69, 9.17) is 4.42 Å². The fraction of sp³-hybridized carbons (Fsp3) is 0.467. The number of benzene rings is 1. The van der Waals surface area contributed by atoms with E-state index in [9.17, 15) is 0 Å². The molecule has 4 nitrogen and oxygen atoms in total. The van der Waals surface area contributed by atoms with Crippen LogP contribution in [0, 0.1) is 19.8 Å². The van der Waals surface area contributed by atoms with Crippen molar-refractivity contribution in [3.05, 3.63) is 40.8 Å². The molecule has 1 aromatic heterocycles. The summed E-state index contributed by atoms with van der Waals surface area (Å²) in [5, 5.41) is 8.80. The molecule has 0 aliphatic carbocycles. The third kappa shape index (κ3) is 3.61. The maximum atomic E-state index is 5.68. The minimum absolute atomic E-state index is 0.0533. The summed E-state index contributed by atoms with van der Waals surface area (Å²) >= 11 is 1.58. The van der Waals surface area contributed by atoms with Gasteiger partial charge in [-0.25, -0.2) is 0 Å². The molecule has 0 saturated heterocycles. The van der Waals surface area contributed by atoms with Gasteiger partial charge in [-0.2, -0.15) is 0 Å². The summed E-state index contributed by atoms with van der Waals surface area (Å²) in [5.74, 6) is 1.87. The van der Waals surface area contributed by atoms with Crippen molar-refractivity contribution in [3.8, 4) is 0 Å². The van der Waals surface area contributed by atoms with Crippen LogP contribution >= 0.6 is 11.8 Å². The summed E-state index contributed by atoms with van der Waals surface area (Å²) in [7, 11) is 0. The van der Waals surface area contributed by atoms with Crippen LogP contribution in [0.3, 0.4) is 0 Å². The minimum atomic E-state index is 0.0533. The van der Waals surface area contributed by atoms with Crippen LogP contribution in [-0.2, 0) is 5.75 Å². The molecule has 1 heterocycles. The van der Waals surface area contributed by atoms with Crippen molar-refractivity contribution in [2.24, 2.45) is 5.92 Å². The lowest BCUT2D eigenvalue weighted by Crippen LogP contribution is -2.56. The zero-order valence-electron chi connectivity index (χ0n) is 12.5. The largest absolute Gasteiger partial charge is 0.410 e. The maximum absolute atomic E-state index is 5.68. The molecule has 1 aromatic carbocycles. The van der Waals surface area contributed by atoms with Gasteiger partial charge >= 0.3 is 0 Å². The van der Waals surface area contributed by atoms with E-state index in [2.05, 4.69) is 61.8 Å². The average Bonchev–Trinajstić information content (AvgIpc) is 2.87. The molecule has 0 radical (unpaired) electrons. The number of quaternary nitrogens is 1. The minimum Gasteiger partial charge on any atom is -0.410 e. The molecular formula is C15H22N3OS+. The van der Waals surface area contributed by atoms with Crippen LogP contribution in [0.4, 0.5) is 0 Å². The lowest BCUT2D eigenvalue weighted by Gasteiger charge is -2.06. The second-order valence-electron chi connectivity index (χ2n) is 5.48. The Kier molecular flexibility index (Phi) is 4.83. The van der Waals surface area contributed by atoms with Crippen LogP contribution in [-0.4, -0.2) is 10.2 Å². The Morgan fingerprint density at radius 3 is 2.70 bits per heavy atom. The number of hydrogen-bond acceptors (Lipinski definition) is 4. The van der Waals surface area contributed by atoms with E-state index < -0.39 is 0 Å². The normalized spacial score (nSPS) is 12.9. The van der Waals surface area contributed by atoms with E-state index in [0.717, 1.165) is 5.75 Å². The SMILES string of the molecule is Cc1ccc(C)c(CSc2nnc([C@@H]([NH3+])C(C)C)o2)c1. The summed E-state index contributed by atoms with van der Waals surface area (Å²) in [6.45, 7) is 8.43. The number of aromatic nitrogens is 2. The Morgan fingerprint density at radius 1 is 1.25 bits per heavy atom. The third-order valence-corrected chi connectivity index (χ3v) is 4.27. The Labute approximate surface area is 124 Å². The average molecular weight is 292 g/mol. The van der Waals surface area contributed by atoms with Crippen molar-refractivity contribution >= 4 is 11.8 Å². The van der Waals surface area contributed by atoms with Crippen LogP contribution in [0.2, 0.25) is 0 Å². The molecule has 0 amide bonds. The predicted molar refractivity (Wildman–Crippen MR) is 80.2 cm³/mol. The quantitative estimate of drug-likeness (QED) is 0.860. The molecule has 1 atom stereocenters. The van der Waals surface area contributed by atoms with E-state index in [1.54, 1.807) is 11.8 Å². The van der Waals surface area contributed by atoms with Crippen molar-refractivity contribution in [2.75, 3.05) is 0 Å². The molecular weight excluding hydrogens is 270 g/mol. The molecule has 2 rings (SSSR count). The Hall–Kier alpha value is -1.33. The van der Waals surface area contributed by atoms with Gasteiger partial charge in [0.1, 0.15) is 0 Å². The highest BCUT2D eigenvalue weighted by Crippen LogP contribution is 2.25. The van der Waals surface area contributed by atoms with E-state index >= 15 is 0 Å². The lowest BCUT2D eigenvalue weighted by atomic mass is 10.1. The van der Waals surface area contributed by atoms with Gasteiger partial charge in [0.15, 0.2) is 6.04 Å². The molecule has 0 spiro atoms. The molecule has 0 aliphatic heterocycles. The summed E-state index contributed by atoms with van der Waals surface area (Å²) in [4.78, 5) is 0. The Bertz CT molecular complexity index is 580. The van der Waals surface area contributed by atoms with Gasteiger partial charge < -0.3 is 10.2 Å². The van der Waals surface area contributed by atoms with E-state index in [-0.39, 0.29) is 6.04 Å². The van der Waals surface area contributed by atoms with Crippen molar-refractivity contribution in [2.45, 2.75) is 44.7 Å². The van der Waals surface area contributed by atoms with Crippen LogP contribution in [0.25, 0.3) is 0 Å². The molecule has 0 aliphatic rings. The van der Waals surface area contributed by atoms with Crippen LogP contribution < -0.4 is 5.73 Å². The smallest absolute Gasteiger partial charge is 0.277 e. The molecule has 0 fully saturated rings. The van der Waals surface area contributed by atoms with Gasteiger partial charge in [-0.3, -0.25) is 0 Å². The molecule has 20 heavy (non-hydrogen) atoms. The van der Waals surface area contributed by atoms with Gasteiger partial charge in [0.25, 0.3) is 11.1 Å². The highest BCUT2D eigenvalue weighted by atomic mass is 32.2. The van der Waals surface area contributed by atoms with Gasteiger partial charge in [0, 0.05) is 11.7 Å². The number of aryl methyl sites for hydroxylation is 2. The topological polar surface area (TPSA) is 66.6 Å². The zero-order valence-corrected chi connectivity index (χ0v) is 13.3. The molecule has 3 N–H and O–H groups in total. The van der Waals surface area contributed by atoms with Crippen LogP contribution in [0.15, 0.2) is 27.8 Å². The first-order valence-electron chi connectivity index (χ1n) is 6.82. The second kappa shape index (κ2) is 6.41. The van der Waals surface area contributed by atoms with Crippen molar-refractivity contribution in [1.29, 1.82) is 0 Å². The fourth-order valence-corrected chi connectivity index (χ4v) is 2.64. The van der Waals surface area contributed by atoms with Gasteiger partial charge in [0.2, 0.25) is 0 Å². The first kappa shape index (κ1) is 15.1. The summed E-state index contributed by atoms with van der Waals surface area (Å²) < 4.78 is 5.68. The van der Waals surface area contributed by atoms with Gasteiger partial charge in [0.05, 0.1) is 0 Å². The second-order valence-corrected chi connectivity index (χ2v) is 6.40. The van der Waals surface area contributed by atoms with E-state index in [0.29, 0.717) is 17.0 Å². The van der Waals surface area contributed by atoms with Gasteiger partial charge in [-0.15, -0.1) is 10.2 Å². The summed E-state index contributed by atoms with van der Waals surface area (Å²) in [6, 6.07) is 6.54. The standard InChI is InChI=1S/C15H21N3OS/c1-9(2)13(16)14-17-18-15(19-14)20-8-12-7-10(3)5-6-11(12)4/h5-7,9,13H,8,16H2,1-4H3/p+1/t13-/m0/s1. The highest BCUT2D eigenvalue weighted by Gasteiger charge is 2.21. The number of nitrogens with zero attached hydrogens (tertiary/aromatic N) is 2. The molecule has 2 aromatic rings. The Balaban J connectivity index is 2.03. The first-order valence-corrected chi connectivity index (χ1v) is 7.81. The van der Waals surface area contributed by atoms with Crippen molar-refractivity contribution in [3.63, 3.8) is 0 Å². The predicted octanol–water partition coefficient (Wildman–Crippen LogP) is 2.92. The Morgan fingerprint density at radius 2 is 2.00 bits per heavy atom. The molecule has 5 heteroatoms. The van der Waals surface area contributed by atoms with E-state index in [1.807, 2.05) is 0 Å². The summed E-state index contributed by atoms with van der Waals surface area (Å²) in [5.41, 5.74) is 7.93. The highest BCUT2D eigenvalue weighted by molar-refractivity contribution is 7.98. The lowest BCUT2D eigenvalue weighted by molar-refractivity contribution is -0.443. The zero-order chi connectivity index (χ0) is 14.7. The molecule has 108 valence electrons.